The van der Waals surface area contributed by atoms with Crippen LogP contribution in [0.25, 0.3) is 0 Å². The standard InChI is InChI=1S/C17H21F3N6O/c1-11(26-7-3-6-21-26)16(27)24-13-4-8-25(9-5-13)15-10-14(17(18,19)20)22-12(2)23-15/h3,6-7,10-11,13H,4-5,8-9H2,1-2H3,(H,24,27)/t11-/m0/s1. The molecule has 0 aromatic carbocycles. The molecule has 1 aliphatic rings. The van der Waals surface area contributed by atoms with Gasteiger partial charge in [0.1, 0.15) is 23.4 Å². The zero-order valence-electron chi connectivity index (χ0n) is 15.1. The molecule has 1 N–H and O–H groups in total. The largest absolute Gasteiger partial charge is 0.433 e. The predicted molar refractivity (Wildman–Crippen MR) is 92.1 cm³/mol. The SMILES string of the molecule is Cc1nc(N2CCC(NC(=O)[C@H](C)n3cccn3)CC2)cc(C(F)(F)F)n1. The van der Waals surface area contributed by atoms with Crippen molar-refractivity contribution in [3.05, 3.63) is 36.0 Å². The second-order valence-corrected chi connectivity index (χ2v) is 6.59. The van der Waals surface area contributed by atoms with E-state index in [4.69, 9.17) is 0 Å². The van der Waals surface area contributed by atoms with Crippen molar-refractivity contribution in [2.45, 2.75) is 44.9 Å². The Kier molecular flexibility index (Phi) is 5.33. The predicted octanol–water partition coefficient (Wildman–Crippen LogP) is 2.35. The van der Waals surface area contributed by atoms with Crippen LogP contribution in [0.1, 0.15) is 37.3 Å². The Bertz CT molecular complexity index is 784. The number of piperidine rings is 1. The Morgan fingerprint density at radius 1 is 1.30 bits per heavy atom. The number of aryl methyl sites for hydroxylation is 1. The van der Waals surface area contributed by atoms with E-state index in [1.165, 1.54) is 6.92 Å². The fraction of sp³-hybridized carbons (Fsp3) is 0.529. The van der Waals surface area contributed by atoms with Crippen molar-refractivity contribution in [1.29, 1.82) is 0 Å². The molecule has 10 heteroatoms. The van der Waals surface area contributed by atoms with Gasteiger partial charge in [-0.2, -0.15) is 18.3 Å². The summed E-state index contributed by atoms with van der Waals surface area (Å²) in [5.74, 6) is 0.224. The third kappa shape index (κ3) is 4.55. The molecule has 2 aromatic heterocycles. The Morgan fingerprint density at radius 3 is 2.59 bits per heavy atom. The van der Waals surface area contributed by atoms with E-state index in [0.717, 1.165) is 6.07 Å². The molecular weight excluding hydrogens is 361 g/mol. The average molecular weight is 382 g/mol. The fourth-order valence-corrected chi connectivity index (χ4v) is 3.06. The van der Waals surface area contributed by atoms with Crippen molar-refractivity contribution in [1.82, 2.24) is 25.1 Å². The van der Waals surface area contributed by atoms with Gasteiger partial charge in [-0.15, -0.1) is 0 Å². The molecular formula is C17H21F3N6O. The summed E-state index contributed by atoms with van der Waals surface area (Å²) < 4.78 is 40.4. The molecule has 0 saturated carbocycles. The second kappa shape index (κ2) is 7.53. The monoisotopic (exact) mass is 382 g/mol. The van der Waals surface area contributed by atoms with Gasteiger partial charge in [0.25, 0.3) is 0 Å². The number of amides is 1. The molecule has 3 heterocycles. The summed E-state index contributed by atoms with van der Waals surface area (Å²) >= 11 is 0. The topological polar surface area (TPSA) is 75.9 Å². The van der Waals surface area contributed by atoms with Gasteiger partial charge in [0.05, 0.1) is 0 Å². The van der Waals surface area contributed by atoms with Gasteiger partial charge in [0, 0.05) is 37.6 Å². The quantitative estimate of drug-likeness (QED) is 0.879. The molecule has 1 atom stereocenters. The van der Waals surface area contributed by atoms with Crippen molar-refractivity contribution < 1.29 is 18.0 Å². The van der Waals surface area contributed by atoms with Crippen LogP contribution in [0, 0.1) is 6.92 Å². The lowest BCUT2D eigenvalue weighted by atomic mass is 10.0. The van der Waals surface area contributed by atoms with Gasteiger partial charge in [-0.05, 0) is 32.8 Å². The molecule has 2 aromatic rings. The van der Waals surface area contributed by atoms with Gasteiger partial charge in [-0.3, -0.25) is 9.48 Å². The summed E-state index contributed by atoms with van der Waals surface area (Å²) in [4.78, 5) is 21.7. The van der Waals surface area contributed by atoms with Crippen LogP contribution in [0.3, 0.4) is 0 Å². The summed E-state index contributed by atoms with van der Waals surface area (Å²) in [5.41, 5.74) is -0.937. The molecule has 0 spiro atoms. The lowest BCUT2D eigenvalue weighted by Gasteiger charge is -2.33. The molecule has 27 heavy (non-hydrogen) atoms. The van der Waals surface area contributed by atoms with E-state index in [9.17, 15) is 18.0 Å². The highest BCUT2D eigenvalue weighted by molar-refractivity contribution is 5.80. The van der Waals surface area contributed by atoms with E-state index in [1.54, 1.807) is 35.0 Å². The van der Waals surface area contributed by atoms with Gasteiger partial charge >= 0.3 is 6.18 Å². The number of hydrogen-bond donors (Lipinski definition) is 1. The Hall–Kier alpha value is -2.65. The highest BCUT2D eigenvalue weighted by Crippen LogP contribution is 2.30. The van der Waals surface area contributed by atoms with Crippen LogP contribution in [0.2, 0.25) is 0 Å². The van der Waals surface area contributed by atoms with Crippen molar-refractivity contribution in [3.8, 4) is 0 Å². The fourth-order valence-electron chi connectivity index (χ4n) is 3.06. The Labute approximate surface area is 154 Å². The smallest absolute Gasteiger partial charge is 0.356 e. The van der Waals surface area contributed by atoms with Gasteiger partial charge in [-0.25, -0.2) is 9.97 Å². The molecule has 1 aliphatic heterocycles. The number of nitrogens with one attached hydrogen (secondary N) is 1. The van der Waals surface area contributed by atoms with E-state index in [2.05, 4.69) is 20.4 Å². The number of carbonyl (C=O) groups is 1. The highest BCUT2D eigenvalue weighted by atomic mass is 19.4. The van der Waals surface area contributed by atoms with E-state index in [0.29, 0.717) is 25.9 Å². The van der Waals surface area contributed by atoms with Crippen molar-refractivity contribution in [3.63, 3.8) is 0 Å². The molecule has 1 fully saturated rings. The van der Waals surface area contributed by atoms with Gasteiger partial charge < -0.3 is 10.2 Å². The lowest BCUT2D eigenvalue weighted by Crippen LogP contribution is -2.46. The number of aromatic nitrogens is 4. The first-order chi connectivity index (χ1) is 12.7. The Balaban J connectivity index is 1.59. The first-order valence-corrected chi connectivity index (χ1v) is 8.71. The van der Waals surface area contributed by atoms with E-state index in [-0.39, 0.29) is 23.6 Å². The summed E-state index contributed by atoms with van der Waals surface area (Å²) in [6.07, 6.45) is 0.0883. The average Bonchev–Trinajstić information content (AvgIpc) is 3.15. The molecule has 1 amide bonds. The Morgan fingerprint density at radius 2 is 2.00 bits per heavy atom. The first-order valence-electron chi connectivity index (χ1n) is 8.71. The molecule has 0 radical (unpaired) electrons. The van der Waals surface area contributed by atoms with E-state index in [1.807, 2.05) is 0 Å². The molecule has 7 nitrogen and oxygen atoms in total. The number of alkyl halides is 3. The summed E-state index contributed by atoms with van der Waals surface area (Å²) in [6.45, 7) is 4.23. The number of anilines is 1. The van der Waals surface area contributed by atoms with Crippen LogP contribution in [0.4, 0.5) is 19.0 Å². The first kappa shape index (κ1) is 19.1. The van der Waals surface area contributed by atoms with Gasteiger partial charge in [0.15, 0.2) is 0 Å². The molecule has 0 unspecified atom stereocenters. The molecule has 146 valence electrons. The minimum atomic E-state index is -4.50. The lowest BCUT2D eigenvalue weighted by molar-refractivity contribution is -0.141. The summed E-state index contributed by atoms with van der Waals surface area (Å²) in [6, 6.07) is 2.28. The zero-order valence-corrected chi connectivity index (χ0v) is 15.1. The molecule has 0 aliphatic carbocycles. The summed E-state index contributed by atoms with van der Waals surface area (Å²) in [5, 5.41) is 7.05. The van der Waals surface area contributed by atoms with Gasteiger partial charge in [-0.1, -0.05) is 0 Å². The number of halogens is 3. The minimum Gasteiger partial charge on any atom is -0.356 e. The molecule has 0 bridgehead atoms. The second-order valence-electron chi connectivity index (χ2n) is 6.59. The maximum absolute atomic E-state index is 12.9. The van der Waals surface area contributed by atoms with Crippen LogP contribution < -0.4 is 10.2 Å². The normalized spacial score (nSPS) is 17.0. The van der Waals surface area contributed by atoms with Gasteiger partial charge in [0.2, 0.25) is 5.91 Å². The maximum atomic E-state index is 12.9. The zero-order chi connectivity index (χ0) is 19.6. The van der Waals surface area contributed by atoms with Crippen LogP contribution in [-0.2, 0) is 11.0 Å². The number of rotatable bonds is 4. The van der Waals surface area contributed by atoms with Crippen LogP contribution >= 0.6 is 0 Å². The highest BCUT2D eigenvalue weighted by Gasteiger charge is 2.34. The van der Waals surface area contributed by atoms with Crippen LogP contribution in [0.5, 0.6) is 0 Å². The number of carbonyl (C=O) groups excluding carboxylic acids is 1. The van der Waals surface area contributed by atoms with Crippen molar-refractivity contribution in [2.24, 2.45) is 0 Å². The van der Waals surface area contributed by atoms with Crippen LogP contribution in [0.15, 0.2) is 24.5 Å². The molecule has 3 rings (SSSR count). The van der Waals surface area contributed by atoms with E-state index < -0.39 is 17.9 Å². The summed E-state index contributed by atoms with van der Waals surface area (Å²) in [7, 11) is 0. The number of nitrogens with zero attached hydrogens (tertiary/aromatic N) is 5. The molecule has 1 saturated heterocycles. The third-order valence-corrected chi connectivity index (χ3v) is 4.58. The maximum Gasteiger partial charge on any atom is 0.433 e. The van der Waals surface area contributed by atoms with Crippen molar-refractivity contribution in [2.75, 3.05) is 18.0 Å². The van der Waals surface area contributed by atoms with E-state index >= 15 is 0 Å². The third-order valence-electron chi connectivity index (χ3n) is 4.58. The van der Waals surface area contributed by atoms with Crippen molar-refractivity contribution >= 4 is 11.7 Å². The van der Waals surface area contributed by atoms with Crippen LogP contribution in [-0.4, -0.2) is 44.8 Å². The minimum absolute atomic E-state index is 0.0308. The number of hydrogen-bond acceptors (Lipinski definition) is 5.